The van der Waals surface area contributed by atoms with Crippen molar-refractivity contribution in [3.63, 3.8) is 0 Å². The highest BCUT2D eigenvalue weighted by atomic mass is 16.2. The Morgan fingerprint density at radius 3 is 2.36 bits per heavy atom. The minimum Gasteiger partial charge on any atom is -0.352 e. The van der Waals surface area contributed by atoms with Crippen LogP contribution in [0.1, 0.15) is 30.1 Å². The van der Waals surface area contributed by atoms with Crippen molar-refractivity contribution in [2.75, 3.05) is 19.6 Å². The maximum Gasteiger partial charge on any atom is 0.251 e. The first kappa shape index (κ1) is 17.2. The molecule has 0 unspecified atom stereocenters. The van der Waals surface area contributed by atoms with Gasteiger partial charge in [0.25, 0.3) is 5.91 Å². The Bertz CT molecular complexity index is 735. The first-order valence-electron chi connectivity index (χ1n) is 8.82. The van der Waals surface area contributed by atoms with Gasteiger partial charge >= 0.3 is 0 Å². The van der Waals surface area contributed by atoms with Gasteiger partial charge in [-0.3, -0.25) is 9.59 Å². The summed E-state index contributed by atoms with van der Waals surface area (Å²) in [6, 6.07) is 17.8. The van der Waals surface area contributed by atoms with Gasteiger partial charge < -0.3 is 10.2 Å². The van der Waals surface area contributed by atoms with Gasteiger partial charge in [0.2, 0.25) is 5.91 Å². The topological polar surface area (TPSA) is 49.4 Å². The first-order chi connectivity index (χ1) is 12.1. The number of benzene rings is 2. The van der Waals surface area contributed by atoms with Crippen molar-refractivity contribution in [2.45, 2.75) is 19.8 Å². The molecule has 0 atom stereocenters. The molecule has 4 heteroatoms. The lowest BCUT2D eigenvalue weighted by atomic mass is 9.96. The summed E-state index contributed by atoms with van der Waals surface area (Å²) in [5.74, 6) is 0.545. The van der Waals surface area contributed by atoms with E-state index < -0.39 is 0 Å². The zero-order valence-electron chi connectivity index (χ0n) is 14.6. The molecular formula is C21H24N2O2. The molecule has 2 aromatic rings. The summed E-state index contributed by atoms with van der Waals surface area (Å²) in [7, 11) is 0. The summed E-state index contributed by atoms with van der Waals surface area (Å²) < 4.78 is 0. The molecule has 25 heavy (non-hydrogen) atoms. The lowest BCUT2D eigenvalue weighted by molar-refractivity contribution is -0.130. The van der Waals surface area contributed by atoms with Crippen molar-refractivity contribution in [1.29, 1.82) is 0 Å². The van der Waals surface area contributed by atoms with Crippen molar-refractivity contribution in [2.24, 2.45) is 5.92 Å². The third-order valence-corrected chi connectivity index (χ3v) is 4.84. The zero-order valence-corrected chi connectivity index (χ0v) is 14.6. The van der Waals surface area contributed by atoms with E-state index in [1.807, 2.05) is 59.5 Å². The second kappa shape index (κ2) is 7.97. The number of piperidine rings is 1. The predicted octanol–water partition coefficient (Wildman–Crippen LogP) is 3.34. The van der Waals surface area contributed by atoms with Gasteiger partial charge in [0.05, 0.1) is 0 Å². The fourth-order valence-electron chi connectivity index (χ4n) is 3.26. The number of likely N-dealkylation sites (tertiary alicyclic amines) is 1. The Hall–Kier alpha value is -2.62. The van der Waals surface area contributed by atoms with Gasteiger partial charge in [-0.1, -0.05) is 42.5 Å². The van der Waals surface area contributed by atoms with E-state index in [4.69, 9.17) is 0 Å². The third-order valence-electron chi connectivity index (χ3n) is 4.84. The van der Waals surface area contributed by atoms with Crippen LogP contribution in [0.4, 0.5) is 0 Å². The second-order valence-corrected chi connectivity index (χ2v) is 6.61. The Morgan fingerprint density at radius 1 is 1.00 bits per heavy atom. The smallest absolute Gasteiger partial charge is 0.251 e. The number of amides is 2. The van der Waals surface area contributed by atoms with Gasteiger partial charge in [-0.15, -0.1) is 0 Å². The average molecular weight is 336 g/mol. The molecule has 3 rings (SSSR count). The fourth-order valence-corrected chi connectivity index (χ4v) is 3.26. The Morgan fingerprint density at radius 2 is 1.68 bits per heavy atom. The Labute approximate surface area is 148 Å². The normalized spacial score (nSPS) is 15.0. The van der Waals surface area contributed by atoms with Crippen molar-refractivity contribution < 1.29 is 9.59 Å². The molecule has 1 aliphatic rings. The summed E-state index contributed by atoms with van der Waals surface area (Å²) in [5, 5.41) is 3.05. The van der Waals surface area contributed by atoms with E-state index in [0.717, 1.165) is 37.1 Å². The predicted molar refractivity (Wildman–Crippen MR) is 99.2 cm³/mol. The molecule has 0 saturated carbocycles. The molecule has 1 saturated heterocycles. The Kier molecular flexibility index (Phi) is 5.49. The van der Waals surface area contributed by atoms with Gasteiger partial charge in [-0.2, -0.15) is 0 Å². The highest BCUT2D eigenvalue weighted by molar-refractivity contribution is 5.95. The van der Waals surface area contributed by atoms with Crippen LogP contribution in [-0.2, 0) is 4.79 Å². The van der Waals surface area contributed by atoms with Gasteiger partial charge in [-0.25, -0.2) is 0 Å². The van der Waals surface area contributed by atoms with Crippen molar-refractivity contribution in [1.82, 2.24) is 10.2 Å². The molecule has 1 N–H and O–H groups in total. The second-order valence-electron chi connectivity index (χ2n) is 6.61. The number of rotatable bonds is 4. The van der Waals surface area contributed by atoms with Crippen LogP contribution in [0.2, 0.25) is 0 Å². The minimum atomic E-state index is -0.0354. The molecule has 1 fully saturated rings. The minimum absolute atomic E-state index is 0.0354. The number of carbonyl (C=O) groups excluding carboxylic acids is 2. The number of nitrogens with one attached hydrogen (secondary N) is 1. The molecule has 0 aromatic heterocycles. The molecule has 1 heterocycles. The molecule has 0 aliphatic carbocycles. The van der Waals surface area contributed by atoms with E-state index >= 15 is 0 Å². The highest BCUT2D eigenvalue weighted by Gasteiger charge is 2.21. The molecule has 130 valence electrons. The summed E-state index contributed by atoms with van der Waals surface area (Å²) in [6.07, 6.45) is 1.90. The molecule has 0 bridgehead atoms. The first-order valence-corrected chi connectivity index (χ1v) is 8.82. The van der Waals surface area contributed by atoms with E-state index in [1.54, 1.807) is 6.92 Å². The lowest BCUT2D eigenvalue weighted by Gasteiger charge is -2.31. The number of carbonyl (C=O) groups is 2. The van der Waals surface area contributed by atoms with E-state index in [9.17, 15) is 9.59 Å². The van der Waals surface area contributed by atoms with Crippen LogP contribution < -0.4 is 5.32 Å². The van der Waals surface area contributed by atoms with E-state index in [1.165, 1.54) is 0 Å². The molecule has 0 radical (unpaired) electrons. The van der Waals surface area contributed by atoms with Crippen LogP contribution in [0, 0.1) is 5.92 Å². The molecular weight excluding hydrogens is 312 g/mol. The third kappa shape index (κ3) is 4.47. The molecule has 1 aliphatic heterocycles. The number of hydrogen-bond donors (Lipinski definition) is 1. The highest BCUT2D eigenvalue weighted by Crippen LogP contribution is 2.20. The van der Waals surface area contributed by atoms with Gasteiger partial charge in [0, 0.05) is 32.1 Å². The van der Waals surface area contributed by atoms with Gasteiger partial charge in [0.1, 0.15) is 0 Å². The van der Waals surface area contributed by atoms with Crippen LogP contribution in [0.15, 0.2) is 54.6 Å². The fraction of sp³-hybridized carbons (Fsp3) is 0.333. The summed E-state index contributed by atoms with van der Waals surface area (Å²) in [6.45, 7) is 3.86. The maximum atomic E-state index is 12.5. The lowest BCUT2D eigenvalue weighted by Crippen LogP contribution is -2.40. The maximum absolute atomic E-state index is 12.5. The average Bonchev–Trinajstić information content (AvgIpc) is 2.67. The van der Waals surface area contributed by atoms with Crippen LogP contribution in [0.5, 0.6) is 0 Å². The number of hydrogen-bond acceptors (Lipinski definition) is 2. The van der Waals surface area contributed by atoms with E-state index in [2.05, 4.69) is 5.32 Å². The van der Waals surface area contributed by atoms with Crippen LogP contribution >= 0.6 is 0 Å². The largest absolute Gasteiger partial charge is 0.352 e. The molecule has 2 amide bonds. The van der Waals surface area contributed by atoms with Crippen LogP contribution in [-0.4, -0.2) is 36.3 Å². The molecule has 2 aromatic carbocycles. The van der Waals surface area contributed by atoms with Gasteiger partial charge in [-0.05, 0) is 42.0 Å². The summed E-state index contributed by atoms with van der Waals surface area (Å²) >= 11 is 0. The van der Waals surface area contributed by atoms with Crippen molar-refractivity contribution in [3.05, 3.63) is 60.2 Å². The summed E-state index contributed by atoms with van der Waals surface area (Å²) in [4.78, 5) is 25.7. The van der Waals surface area contributed by atoms with Crippen LogP contribution in [0.3, 0.4) is 0 Å². The zero-order chi connectivity index (χ0) is 17.6. The van der Waals surface area contributed by atoms with Crippen LogP contribution in [0.25, 0.3) is 11.1 Å². The van der Waals surface area contributed by atoms with Crippen molar-refractivity contribution >= 4 is 11.8 Å². The monoisotopic (exact) mass is 336 g/mol. The quantitative estimate of drug-likeness (QED) is 0.931. The standard InChI is InChI=1S/C21H24N2O2/c1-16(24)23-12-10-17(11-13-23)15-22-21(25)20-9-5-8-19(14-20)18-6-3-2-4-7-18/h2-9,14,17H,10-13,15H2,1H3,(H,22,25). The van der Waals surface area contributed by atoms with Gasteiger partial charge in [0.15, 0.2) is 0 Å². The number of nitrogens with zero attached hydrogens (tertiary/aromatic N) is 1. The SMILES string of the molecule is CC(=O)N1CCC(CNC(=O)c2cccc(-c3ccccc3)c2)CC1. The molecule has 4 nitrogen and oxygen atoms in total. The molecule has 0 spiro atoms. The summed E-state index contributed by atoms with van der Waals surface area (Å²) in [5.41, 5.74) is 2.83. The Balaban J connectivity index is 1.56. The van der Waals surface area contributed by atoms with Crippen molar-refractivity contribution in [3.8, 4) is 11.1 Å². The van der Waals surface area contributed by atoms with E-state index in [-0.39, 0.29) is 11.8 Å². The van der Waals surface area contributed by atoms with E-state index in [0.29, 0.717) is 18.0 Å².